The molecule has 0 aliphatic rings. The quantitative estimate of drug-likeness (QED) is 0.630. The van der Waals surface area contributed by atoms with Gasteiger partial charge in [0.1, 0.15) is 11.4 Å². The summed E-state index contributed by atoms with van der Waals surface area (Å²) in [4.78, 5) is 25.5. The second-order valence-electron chi connectivity index (χ2n) is 4.52. The van der Waals surface area contributed by atoms with Gasteiger partial charge in [-0.05, 0) is 24.6 Å². The van der Waals surface area contributed by atoms with Crippen molar-refractivity contribution in [1.29, 1.82) is 0 Å². The van der Waals surface area contributed by atoms with Crippen LogP contribution < -0.4 is 16.7 Å². The number of benzene rings is 1. The molecular weight excluding hydrogens is 362 g/mol. The summed E-state index contributed by atoms with van der Waals surface area (Å²) in [6, 6.07) is 7.19. The summed E-state index contributed by atoms with van der Waals surface area (Å²) < 4.78 is 0.909. The van der Waals surface area contributed by atoms with E-state index in [0.29, 0.717) is 11.4 Å². The Morgan fingerprint density at radius 1 is 1.43 bits per heavy atom. The highest BCUT2D eigenvalue weighted by molar-refractivity contribution is 9.10. The van der Waals surface area contributed by atoms with E-state index < -0.39 is 11.2 Å². The molecule has 1 heterocycles. The number of nitrogens with zero attached hydrogens (tertiary/aromatic N) is 1. The number of H-pyrrole nitrogens is 2. The van der Waals surface area contributed by atoms with Gasteiger partial charge in [0.2, 0.25) is 5.91 Å². The third kappa shape index (κ3) is 4.16. The van der Waals surface area contributed by atoms with Crippen molar-refractivity contribution in [3.05, 3.63) is 50.6 Å². The van der Waals surface area contributed by atoms with Gasteiger partial charge in [-0.25, -0.2) is 9.89 Å². The molecule has 0 bridgehead atoms. The van der Waals surface area contributed by atoms with Gasteiger partial charge in [-0.15, -0.1) is 12.4 Å². The third-order valence-corrected chi connectivity index (χ3v) is 3.41. The van der Waals surface area contributed by atoms with Crippen molar-refractivity contribution in [2.24, 2.45) is 5.73 Å². The van der Waals surface area contributed by atoms with Crippen LogP contribution in [0.5, 0.6) is 0 Å². The highest BCUT2D eigenvalue weighted by Crippen LogP contribution is 2.20. The van der Waals surface area contributed by atoms with Crippen LogP contribution in [0, 0.1) is 0 Å². The van der Waals surface area contributed by atoms with Crippen molar-refractivity contribution in [3.63, 3.8) is 0 Å². The van der Waals surface area contributed by atoms with Crippen molar-refractivity contribution >= 4 is 34.2 Å². The van der Waals surface area contributed by atoms with Crippen LogP contribution in [0.3, 0.4) is 0 Å². The van der Waals surface area contributed by atoms with Crippen LogP contribution in [0.15, 0.2) is 33.5 Å². The summed E-state index contributed by atoms with van der Waals surface area (Å²) in [5.74, 6) is -0.0152. The van der Waals surface area contributed by atoms with Gasteiger partial charge in [-0.2, -0.15) is 5.10 Å². The fraction of sp³-hybridized carbons (Fsp3) is 0.250. The highest BCUT2D eigenvalue weighted by atomic mass is 79.9. The molecule has 0 spiro atoms. The van der Waals surface area contributed by atoms with Crippen molar-refractivity contribution in [2.45, 2.75) is 19.0 Å². The van der Waals surface area contributed by atoms with Crippen molar-refractivity contribution in [2.75, 3.05) is 0 Å². The summed E-state index contributed by atoms with van der Waals surface area (Å²) in [5.41, 5.74) is 5.17. The zero-order chi connectivity index (χ0) is 14.8. The van der Waals surface area contributed by atoms with Crippen molar-refractivity contribution in [3.8, 4) is 0 Å². The lowest BCUT2D eigenvalue weighted by Gasteiger charge is -2.23. The Kier molecular flexibility index (Phi) is 5.70. The molecule has 0 aliphatic carbocycles. The predicted octanol–water partition coefficient (Wildman–Crippen LogP) is 0.773. The van der Waals surface area contributed by atoms with E-state index in [2.05, 4.69) is 36.4 Å². The van der Waals surface area contributed by atoms with E-state index >= 15 is 0 Å². The molecular formula is C12H15BrClN5O2. The van der Waals surface area contributed by atoms with Gasteiger partial charge < -0.3 is 11.1 Å². The zero-order valence-corrected chi connectivity index (χ0v) is 13.5. The number of nitrogens with one attached hydrogen (secondary N) is 3. The number of amides is 1. The summed E-state index contributed by atoms with van der Waals surface area (Å²) in [5, 5.41) is 8.56. The van der Waals surface area contributed by atoms with Crippen LogP contribution >= 0.6 is 28.3 Å². The SMILES string of the molecule is CC(N)(C(=O)NCc1n[nH]c(=O)[nH]1)c1ccc(Br)cc1.Cl. The Hall–Kier alpha value is -1.64. The minimum Gasteiger partial charge on any atom is -0.347 e. The molecule has 0 saturated carbocycles. The lowest BCUT2D eigenvalue weighted by atomic mass is 9.92. The standard InChI is InChI=1S/C12H14BrN5O2.ClH/c1-12(14,7-2-4-8(13)5-3-7)10(19)15-6-9-16-11(20)18-17-9;/h2-5H,6,14H2,1H3,(H,15,19)(H2,16,17,18,20);1H. The van der Waals surface area contributed by atoms with Crippen LogP contribution in [0.2, 0.25) is 0 Å². The summed E-state index contributed by atoms with van der Waals surface area (Å²) >= 11 is 3.33. The number of aromatic nitrogens is 3. The largest absolute Gasteiger partial charge is 0.347 e. The smallest absolute Gasteiger partial charge is 0.340 e. The molecule has 7 nitrogen and oxygen atoms in total. The molecule has 21 heavy (non-hydrogen) atoms. The first-order valence-corrected chi connectivity index (χ1v) is 6.65. The van der Waals surface area contributed by atoms with Crippen molar-refractivity contribution in [1.82, 2.24) is 20.5 Å². The van der Waals surface area contributed by atoms with E-state index in [1.807, 2.05) is 12.1 Å². The Bertz CT molecular complexity index is 665. The van der Waals surface area contributed by atoms with Gasteiger partial charge in [-0.3, -0.25) is 9.78 Å². The highest BCUT2D eigenvalue weighted by Gasteiger charge is 2.30. The third-order valence-electron chi connectivity index (χ3n) is 2.88. The fourth-order valence-electron chi connectivity index (χ4n) is 1.66. The number of carbonyl (C=O) groups excluding carboxylic acids is 1. The van der Waals surface area contributed by atoms with Crippen LogP contribution in [-0.4, -0.2) is 21.1 Å². The summed E-state index contributed by atoms with van der Waals surface area (Å²) in [7, 11) is 0. The first kappa shape index (κ1) is 17.4. The van der Waals surface area contributed by atoms with E-state index in [4.69, 9.17) is 5.73 Å². The van der Waals surface area contributed by atoms with Gasteiger partial charge in [-0.1, -0.05) is 28.1 Å². The fourth-order valence-corrected chi connectivity index (χ4v) is 1.93. The Balaban J connectivity index is 0.00000220. The number of nitrogens with two attached hydrogens (primary N) is 1. The van der Waals surface area contributed by atoms with Crippen LogP contribution in [0.25, 0.3) is 0 Å². The molecule has 0 aliphatic heterocycles. The van der Waals surface area contributed by atoms with Gasteiger partial charge in [0.15, 0.2) is 0 Å². The normalized spacial score (nSPS) is 13.1. The molecule has 0 radical (unpaired) electrons. The monoisotopic (exact) mass is 375 g/mol. The topological polar surface area (TPSA) is 117 Å². The lowest BCUT2D eigenvalue weighted by Crippen LogP contribution is -2.48. The first-order valence-electron chi connectivity index (χ1n) is 5.86. The van der Waals surface area contributed by atoms with Gasteiger partial charge in [0.05, 0.1) is 6.54 Å². The van der Waals surface area contributed by atoms with E-state index in [0.717, 1.165) is 4.47 Å². The molecule has 0 fully saturated rings. The maximum absolute atomic E-state index is 12.2. The Labute approximate surface area is 135 Å². The second kappa shape index (κ2) is 6.88. The van der Waals surface area contributed by atoms with E-state index in [-0.39, 0.29) is 24.9 Å². The van der Waals surface area contributed by atoms with Gasteiger partial charge >= 0.3 is 5.69 Å². The molecule has 2 aromatic rings. The average molecular weight is 377 g/mol. The maximum Gasteiger partial charge on any atom is 0.340 e. The minimum absolute atomic E-state index is 0. The molecule has 0 saturated heterocycles. The average Bonchev–Trinajstić information content (AvgIpc) is 2.82. The maximum atomic E-state index is 12.2. The molecule has 9 heteroatoms. The number of hydrogen-bond acceptors (Lipinski definition) is 4. The number of hydrogen-bond donors (Lipinski definition) is 4. The number of halogens is 2. The number of aromatic amines is 2. The van der Waals surface area contributed by atoms with Crippen LogP contribution in [0.4, 0.5) is 0 Å². The number of rotatable bonds is 4. The molecule has 1 aromatic heterocycles. The van der Waals surface area contributed by atoms with E-state index in [1.165, 1.54) is 0 Å². The Morgan fingerprint density at radius 3 is 2.57 bits per heavy atom. The van der Waals surface area contributed by atoms with Gasteiger partial charge in [0.25, 0.3) is 0 Å². The molecule has 1 atom stereocenters. The van der Waals surface area contributed by atoms with Crippen molar-refractivity contribution < 1.29 is 4.79 Å². The summed E-state index contributed by atoms with van der Waals surface area (Å²) in [6.07, 6.45) is 0. The lowest BCUT2D eigenvalue weighted by molar-refractivity contribution is -0.126. The zero-order valence-electron chi connectivity index (χ0n) is 11.1. The van der Waals surface area contributed by atoms with Crippen LogP contribution in [-0.2, 0) is 16.9 Å². The second-order valence-corrected chi connectivity index (χ2v) is 5.43. The summed E-state index contributed by atoms with van der Waals surface area (Å²) in [6.45, 7) is 1.72. The molecule has 1 aromatic carbocycles. The minimum atomic E-state index is -1.17. The first-order chi connectivity index (χ1) is 9.39. The molecule has 2 rings (SSSR count). The van der Waals surface area contributed by atoms with E-state index in [9.17, 15) is 9.59 Å². The molecule has 1 unspecified atom stereocenters. The predicted molar refractivity (Wildman–Crippen MR) is 84.0 cm³/mol. The number of carbonyl (C=O) groups is 1. The van der Waals surface area contributed by atoms with Crippen LogP contribution in [0.1, 0.15) is 18.3 Å². The molecule has 1 amide bonds. The van der Waals surface area contributed by atoms with Gasteiger partial charge in [0, 0.05) is 4.47 Å². The van der Waals surface area contributed by atoms with E-state index in [1.54, 1.807) is 19.1 Å². The molecule has 114 valence electrons. The molecule has 5 N–H and O–H groups in total. The Morgan fingerprint density at radius 2 is 2.05 bits per heavy atom.